The smallest absolute Gasteiger partial charge is 0.148 e. The van der Waals surface area contributed by atoms with Crippen LogP contribution in [0.4, 0.5) is 0 Å². The van der Waals surface area contributed by atoms with E-state index in [1.54, 1.807) is 0 Å². The molecule has 0 aromatic heterocycles. The Hall–Kier alpha value is -1.93. The van der Waals surface area contributed by atoms with Crippen molar-refractivity contribution in [1.82, 2.24) is 4.90 Å². The predicted molar refractivity (Wildman–Crippen MR) is 75.7 cm³/mol. The fourth-order valence-corrected chi connectivity index (χ4v) is 2.73. The fraction of sp³-hybridized carbons (Fsp3) is 0.235. The molecule has 1 unspecified atom stereocenters. The van der Waals surface area contributed by atoms with Crippen molar-refractivity contribution < 1.29 is 4.79 Å². The molecular formula is C17H17NO. The molecule has 2 aromatic carbocycles. The summed E-state index contributed by atoms with van der Waals surface area (Å²) in [6.07, 6.45) is 0.636. The first-order valence-electron chi connectivity index (χ1n) is 6.67. The van der Waals surface area contributed by atoms with E-state index in [4.69, 9.17) is 0 Å². The van der Waals surface area contributed by atoms with Crippen molar-refractivity contribution in [3.63, 3.8) is 0 Å². The maximum absolute atomic E-state index is 11.8. The molecule has 0 aliphatic carbocycles. The monoisotopic (exact) mass is 251 g/mol. The highest BCUT2D eigenvalue weighted by atomic mass is 16.1. The van der Waals surface area contributed by atoms with E-state index < -0.39 is 0 Å². The molecule has 2 nitrogen and oxygen atoms in total. The molecule has 2 aromatic rings. The highest BCUT2D eigenvalue weighted by Gasteiger charge is 2.31. The normalized spacial score (nSPS) is 19.8. The zero-order valence-corrected chi connectivity index (χ0v) is 10.8. The lowest BCUT2D eigenvalue weighted by Gasteiger charge is -2.23. The van der Waals surface area contributed by atoms with Crippen LogP contribution in [-0.4, -0.2) is 17.2 Å². The maximum Gasteiger partial charge on any atom is 0.148 e. The highest BCUT2D eigenvalue weighted by molar-refractivity contribution is 5.83. The number of carbonyl (C=O) groups excluding carboxylic acids is 1. The summed E-state index contributed by atoms with van der Waals surface area (Å²) < 4.78 is 0. The Kier molecular flexibility index (Phi) is 3.43. The molecule has 2 heteroatoms. The predicted octanol–water partition coefficient (Wildman–Crippen LogP) is 3.20. The Morgan fingerprint density at radius 2 is 1.58 bits per heavy atom. The van der Waals surface area contributed by atoms with Crippen LogP contribution in [0, 0.1) is 0 Å². The van der Waals surface area contributed by atoms with Gasteiger partial charge in [0, 0.05) is 19.0 Å². The lowest BCUT2D eigenvalue weighted by molar-refractivity contribution is -0.117. The second kappa shape index (κ2) is 5.37. The minimum Gasteiger partial charge on any atom is -0.298 e. The SMILES string of the molecule is O=C1CC(c2ccccc2)N(Cc2ccccc2)C1. The molecule has 1 aliphatic rings. The number of likely N-dealkylation sites (tertiary alicyclic amines) is 1. The van der Waals surface area contributed by atoms with Gasteiger partial charge in [0.2, 0.25) is 0 Å². The second-order valence-electron chi connectivity index (χ2n) is 5.06. The maximum atomic E-state index is 11.8. The Balaban J connectivity index is 1.81. The van der Waals surface area contributed by atoms with Gasteiger partial charge in [-0.15, -0.1) is 0 Å². The summed E-state index contributed by atoms with van der Waals surface area (Å²) in [6.45, 7) is 1.40. The molecule has 1 fully saturated rings. The summed E-state index contributed by atoms with van der Waals surface area (Å²) in [6, 6.07) is 20.9. The van der Waals surface area contributed by atoms with Crippen molar-refractivity contribution in [2.24, 2.45) is 0 Å². The third kappa shape index (κ3) is 2.74. The van der Waals surface area contributed by atoms with Gasteiger partial charge in [-0.2, -0.15) is 0 Å². The van der Waals surface area contributed by atoms with Crippen LogP contribution >= 0.6 is 0 Å². The number of nitrogens with zero attached hydrogens (tertiary/aromatic N) is 1. The molecule has 1 aliphatic heterocycles. The van der Waals surface area contributed by atoms with E-state index in [9.17, 15) is 4.79 Å². The molecule has 1 heterocycles. The van der Waals surface area contributed by atoms with Gasteiger partial charge in [-0.25, -0.2) is 0 Å². The van der Waals surface area contributed by atoms with Crippen molar-refractivity contribution in [1.29, 1.82) is 0 Å². The summed E-state index contributed by atoms with van der Waals surface area (Å²) >= 11 is 0. The van der Waals surface area contributed by atoms with Crippen molar-refractivity contribution in [3.8, 4) is 0 Å². The minimum absolute atomic E-state index is 0.230. The number of ketones is 1. The van der Waals surface area contributed by atoms with Crippen LogP contribution in [0.25, 0.3) is 0 Å². The summed E-state index contributed by atoms with van der Waals surface area (Å²) in [5, 5.41) is 0. The van der Waals surface area contributed by atoms with Gasteiger partial charge < -0.3 is 0 Å². The van der Waals surface area contributed by atoms with Crippen LogP contribution < -0.4 is 0 Å². The Labute approximate surface area is 113 Å². The number of Topliss-reactive ketones (excluding diaryl/α,β-unsaturated/α-hetero) is 1. The summed E-state index contributed by atoms with van der Waals surface area (Å²) in [5.41, 5.74) is 2.50. The van der Waals surface area contributed by atoms with E-state index in [-0.39, 0.29) is 6.04 Å². The van der Waals surface area contributed by atoms with Crippen LogP contribution in [0.1, 0.15) is 23.6 Å². The van der Waals surface area contributed by atoms with E-state index in [1.165, 1.54) is 11.1 Å². The van der Waals surface area contributed by atoms with Gasteiger partial charge in [0.1, 0.15) is 5.78 Å². The van der Waals surface area contributed by atoms with E-state index in [0.717, 1.165) is 6.54 Å². The zero-order chi connectivity index (χ0) is 13.1. The first-order chi connectivity index (χ1) is 9.33. The van der Waals surface area contributed by atoms with Crippen LogP contribution in [-0.2, 0) is 11.3 Å². The molecule has 0 bridgehead atoms. The van der Waals surface area contributed by atoms with Crippen molar-refractivity contribution in [2.75, 3.05) is 6.54 Å². The zero-order valence-electron chi connectivity index (χ0n) is 10.8. The topological polar surface area (TPSA) is 20.3 Å². The lowest BCUT2D eigenvalue weighted by Crippen LogP contribution is -2.23. The molecule has 0 radical (unpaired) electrons. The fourth-order valence-electron chi connectivity index (χ4n) is 2.73. The van der Waals surface area contributed by atoms with Gasteiger partial charge >= 0.3 is 0 Å². The quantitative estimate of drug-likeness (QED) is 0.835. The van der Waals surface area contributed by atoms with E-state index in [2.05, 4.69) is 29.2 Å². The Bertz CT molecular complexity index is 550. The first kappa shape index (κ1) is 12.1. The molecule has 0 N–H and O–H groups in total. The number of hydrogen-bond acceptors (Lipinski definition) is 2. The molecule has 0 spiro atoms. The highest BCUT2D eigenvalue weighted by Crippen LogP contribution is 2.31. The van der Waals surface area contributed by atoms with Gasteiger partial charge in [0.25, 0.3) is 0 Å². The van der Waals surface area contributed by atoms with E-state index in [1.807, 2.05) is 36.4 Å². The largest absolute Gasteiger partial charge is 0.298 e. The van der Waals surface area contributed by atoms with Crippen molar-refractivity contribution >= 4 is 5.78 Å². The van der Waals surface area contributed by atoms with Gasteiger partial charge in [0.15, 0.2) is 0 Å². The standard InChI is InChI=1S/C17H17NO/c19-16-11-17(15-9-5-2-6-10-15)18(13-16)12-14-7-3-1-4-8-14/h1-10,17H,11-13H2. The average molecular weight is 251 g/mol. The van der Waals surface area contributed by atoms with Gasteiger partial charge in [-0.3, -0.25) is 9.69 Å². The summed E-state index contributed by atoms with van der Waals surface area (Å²) in [7, 11) is 0. The van der Waals surface area contributed by atoms with Gasteiger partial charge in [0.05, 0.1) is 6.54 Å². The van der Waals surface area contributed by atoms with Gasteiger partial charge in [-0.1, -0.05) is 60.7 Å². The molecule has 3 rings (SSSR count). The number of benzene rings is 2. The Morgan fingerprint density at radius 3 is 2.26 bits per heavy atom. The molecule has 96 valence electrons. The van der Waals surface area contributed by atoms with E-state index >= 15 is 0 Å². The lowest BCUT2D eigenvalue weighted by atomic mass is 10.0. The summed E-state index contributed by atoms with van der Waals surface area (Å²) in [4.78, 5) is 14.1. The molecule has 1 atom stereocenters. The third-order valence-corrected chi connectivity index (χ3v) is 3.65. The van der Waals surface area contributed by atoms with E-state index in [0.29, 0.717) is 18.7 Å². The Morgan fingerprint density at radius 1 is 0.947 bits per heavy atom. The van der Waals surface area contributed by atoms with Crippen LogP contribution in [0.5, 0.6) is 0 Å². The molecule has 19 heavy (non-hydrogen) atoms. The van der Waals surface area contributed by atoms with Crippen LogP contribution in [0.3, 0.4) is 0 Å². The van der Waals surface area contributed by atoms with Crippen molar-refractivity contribution in [2.45, 2.75) is 19.0 Å². The first-order valence-corrected chi connectivity index (χ1v) is 6.67. The molecule has 0 saturated carbocycles. The van der Waals surface area contributed by atoms with Crippen LogP contribution in [0.15, 0.2) is 60.7 Å². The number of carbonyl (C=O) groups is 1. The van der Waals surface area contributed by atoms with Gasteiger partial charge in [-0.05, 0) is 11.1 Å². The number of hydrogen-bond donors (Lipinski definition) is 0. The third-order valence-electron chi connectivity index (χ3n) is 3.65. The van der Waals surface area contributed by atoms with Crippen LogP contribution in [0.2, 0.25) is 0 Å². The van der Waals surface area contributed by atoms with Crippen molar-refractivity contribution in [3.05, 3.63) is 71.8 Å². The molecule has 0 amide bonds. The molecular weight excluding hydrogens is 234 g/mol. The molecule has 1 saturated heterocycles. The number of rotatable bonds is 3. The second-order valence-corrected chi connectivity index (χ2v) is 5.06. The summed E-state index contributed by atoms with van der Waals surface area (Å²) in [5.74, 6) is 0.338. The minimum atomic E-state index is 0.230. The average Bonchev–Trinajstić information content (AvgIpc) is 2.82.